The predicted octanol–water partition coefficient (Wildman–Crippen LogP) is 2.63. The first kappa shape index (κ1) is 12.9. The van der Waals surface area contributed by atoms with Crippen molar-refractivity contribution in [3.05, 3.63) is 42.2 Å². The zero-order valence-corrected chi connectivity index (χ0v) is 11.8. The van der Waals surface area contributed by atoms with Crippen LogP contribution in [0.25, 0.3) is 10.8 Å². The zero-order chi connectivity index (χ0) is 13.1. The summed E-state index contributed by atoms with van der Waals surface area (Å²) in [7, 11) is 2.00. The molecule has 2 unspecified atom stereocenters. The minimum atomic E-state index is 0.200. The maximum absolute atomic E-state index is 5.92. The van der Waals surface area contributed by atoms with Crippen molar-refractivity contribution in [2.24, 2.45) is 0 Å². The number of hydrogen-bond donors (Lipinski definition) is 1. The second kappa shape index (κ2) is 5.90. The van der Waals surface area contributed by atoms with E-state index >= 15 is 0 Å². The fraction of sp³-hybridized carbons (Fsp3) is 0.400. The number of likely N-dealkylation sites (N-methyl/N-ethyl adjacent to an activating group) is 1. The number of hydrogen-bond acceptors (Lipinski definition) is 4. The van der Waals surface area contributed by atoms with Crippen molar-refractivity contribution in [2.75, 3.05) is 25.2 Å². The van der Waals surface area contributed by atoms with E-state index in [1.165, 1.54) is 16.3 Å². The lowest BCUT2D eigenvalue weighted by atomic mass is 9.98. The molecule has 1 fully saturated rings. The van der Waals surface area contributed by atoms with Crippen LogP contribution in [0, 0.1) is 0 Å². The largest absolute Gasteiger partial charge is 0.375 e. The van der Waals surface area contributed by atoms with Gasteiger partial charge >= 0.3 is 0 Å². The molecule has 1 N–H and O–H groups in total. The quantitative estimate of drug-likeness (QED) is 0.933. The third kappa shape index (κ3) is 2.61. The molecular weight excluding hydrogens is 256 g/mol. The van der Waals surface area contributed by atoms with Gasteiger partial charge in [0.15, 0.2) is 0 Å². The van der Waals surface area contributed by atoms with Gasteiger partial charge in [-0.15, -0.1) is 0 Å². The lowest BCUT2D eigenvalue weighted by molar-refractivity contribution is 0.0491. The van der Waals surface area contributed by atoms with Gasteiger partial charge in [0, 0.05) is 29.3 Å². The van der Waals surface area contributed by atoms with Crippen LogP contribution in [-0.2, 0) is 4.74 Å². The van der Waals surface area contributed by atoms with E-state index in [1.807, 2.05) is 31.2 Å². The molecule has 19 heavy (non-hydrogen) atoms. The first-order chi connectivity index (χ1) is 9.40. The second-order valence-electron chi connectivity index (χ2n) is 4.70. The highest BCUT2D eigenvalue weighted by atomic mass is 32.2. The number of nitrogens with zero attached hydrogens (tertiary/aromatic N) is 1. The summed E-state index contributed by atoms with van der Waals surface area (Å²) in [4.78, 5) is 4.37. The van der Waals surface area contributed by atoms with Crippen LogP contribution in [0.2, 0.25) is 0 Å². The highest BCUT2D eigenvalue weighted by molar-refractivity contribution is 7.99. The molecule has 0 saturated carbocycles. The molecule has 100 valence electrons. The highest BCUT2D eigenvalue weighted by Gasteiger charge is 2.26. The Kier molecular flexibility index (Phi) is 4.01. The molecule has 1 aliphatic rings. The number of pyridine rings is 1. The van der Waals surface area contributed by atoms with Gasteiger partial charge in [-0.1, -0.05) is 24.3 Å². The van der Waals surface area contributed by atoms with Crippen LogP contribution in [0.3, 0.4) is 0 Å². The summed E-state index contributed by atoms with van der Waals surface area (Å²) in [6, 6.07) is 8.60. The summed E-state index contributed by atoms with van der Waals surface area (Å²) in [5.41, 5.74) is 1.23. The molecule has 0 spiro atoms. The topological polar surface area (TPSA) is 34.2 Å². The van der Waals surface area contributed by atoms with Gasteiger partial charge in [0.1, 0.15) is 0 Å². The first-order valence-corrected chi connectivity index (χ1v) is 7.75. The van der Waals surface area contributed by atoms with Crippen LogP contribution in [-0.4, -0.2) is 36.2 Å². The molecule has 1 aromatic carbocycles. The SMILES string of the molecule is CNC(c1cncc2ccccc12)C1CSCCO1. The summed E-state index contributed by atoms with van der Waals surface area (Å²) >= 11 is 1.96. The van der Waals surface area contributed by atoms with Gasteiger partial charge < -0.3 is 10.1 Å². The summed E-state index contributed by atoms with van der Waals surface area (Å²) in [6.45, 7) is 0.839. The standard InChI is InChI=1S/C15H18N2OS/c1-16-15(14-10-19-7-6-18-14)13-9-17-8-11-4-2-3-5-12(11)13/h2-5,8-9,14-16H,6-7,10H2,1H3. The van der Waals surface area contributed by atoms with E-state index in [0.29, 0.717) is 0 Å². The molecule has 2 aromatic rings. The Hall–Kier alpha value is -1.10. The molecule has 0 amide bonds. The number of ether oxygens (including phenoxy) is 1. The molecule has 2 atom stereocenters. The second-order valence-corrected chi connectivity index (χ2v) is 5.85. The molecule has 3 nitrogen and oxygen atoms in total. The summed E-state index contributed by atoms with van der Waals surface area (Å²) in [5, 5.41) is 5.85. The van der Waals surface area contributed by atoms with Crippen molar-refractivity contribution in [3.8, 4) is 0 Å². The molecule has 0 bridgehead atoms. The van der Waals surface area contributed by atoms with Gasteiger partial charge in [0.05, 0.1) is 18.8 Å². The third-order valence-corrected chi connectivity index (χ3v) is 4.58. The lowest BCUT2D eigenvalue weighted by Crippen LogP contribution is -2.36. The summed E-state index contributed by atoms with van der Waals surface area (Å²) < 4.78 is 5.92. The Bertz CT molecular complexity index is 549. The number of benzene rings is 1. The fourth-order valence-corrected chi connectivity index (χ4v) is 3.53. The van der Waals surface area contributed by atoms with Crippen LogP contribution >= 0.6 is 11.8 Å². The molecule has 3 rings (SSSR count). The van der Waals surface area contributed by atoms with Gasteiger partial charge in [0.2, 0.25) is 0 Å². The average molecular weight is 274 g/mol. The van der Waals surface area contributed by atoms with Crippen molar-refractivity contribution in [1.29, 1.82) is 0 Å². The maximum Gasteiger partial charge on any atom is 0.0860 e. The maximum atomic E-state index is 5.92. The summed E-state index contributed by atoms with van der Waals surface area (Å²) in [5.74, 6) is 2.13. The van der Waals surface area contributed by atoms with Crippen molar-refractivity contribution in [3.63, 3.8) is 0 Å². The number of rotatable bonds is 3. The Morgan fingerprint density at radius 2 is 2.26 bits per heavy atom. The number of thioether (sulfide) groups is 1. The van der Waals surface area contributed by atoms with Crippen LogP contribution in [0.4, 0.5) is 0 Å². The van der Waals surface area contributed by atoms with Crippen molar-refractivity contribution < 1.29 is 4.74 Å². The van der Waals surface area contributed by atoms with E-state index < -0.39 is 0 Å². The molecular formula is C15H18N2OS. The minimum absolute atomic E-state index is 0.200. The molecule has 0 radical (unpaired) electrons. The van der Waals surface area contributed by atoms with Crippen LogP contribution in [0.1, 0.15) is 11.6 Å². The Labute approximate surface area is 117 Å². The van der Waals surface area contributed by atoms with E-state index in [2.05, 4.69) is 34.6 Å². The van der Waals surface area contributed by atoms with Crippen molar-refractivity contribution >= 4 is 22.5 Å². The predicted molar refractivity (Wildman–Crippen MR) is 80.6 cm³/mol. The number of fused-ring (bicyclic) bond motifs is 1. The van der Waals surface area contributed by atoms with Crippen molar-refractivity contribution in [2.45, 2.75) is 12.1 Å². The molecule has 1 aliphatic heterocycles. The Balaban J connectivity index is 2.00. The molecule has 0 aliphatic carbocycles. The highest BCUT2D eigenvalue weighted by Crippen LogP contribution is 2.29. The van der Waals surface area contributed by atoms with Crippen molar-refractivity contribution in [1.82, 2.24) is 10.3 Å². The average Bonchev–Trinajstić information content (AvgIpc) is 2.49. The Morgan fingerprint density at radius 3 is 3.05 bits per heavy atom. The van der Waals surface area contributed by atoms with E-state index in [1.54, 1.807) is 0 Å². The first-order valence-electron chi connectivity index (χ1n) is 6.59. The van der Waals surface area contributed by atoms with Gasteiger partial charge in [0.25, 0.3) is 0 Å². The monoisotopic (exact) mass is 274 g/mol. The fourth-order valence-electron chi connectivity index (χ4n) is 2.63. The normalized spacial score (nSPS) is 21.4. The third-order valence-electron chi connectivity index (χ3n) is 3.56. The van der Waals surface area contributed by atoms with Crippen LogP contribution < -0.4 is 5.32 Å². The van der Waals surface area contributed by atoms with E-state index in [4.69, 9.17) is 4.74 Å². The van der Waals surface area contributed by atoms with Gasteiger partial charge in [-0.05, 0) is 18.0 Å². The molecule has 2 heterocycles. The molecule has 4 heteroatoms. The number of aromatic nitrogens is 1. The molecule has 1 saturated heterocycles. The zero-order valence-electron chi connectivity index (χ0n) is 11.0. The summed E-state index contributed by atoms with van der Waals surface area (Å²) in [6.07, 6.45) is 4.10. The molecule has 1 aromatic heterocycles. The van der Waals surface area contributed by atoms with E-state index in [9.17, 15) is 0 Å². The minimum Gasteiger partial charge on any atom is -0.375 e. The van der Waals surface area contributed by atoms with Gasteiger partial charge in [-0.3, -0.25) is 4.98 Å². The lowest BCUT2D eigenvalue weighted by Gasteiger charge is -2.30. The van der Waals surface area contributed by atoms with Crippen LogP contribution in [0.5, 0.6) is 0 Å². The Morgan fingerprint density at radius 1 is 1.37 bits per heavy atom. The smallest absolute Gasteiger partial charge is 0.0860 e. The van der Waals surface area contributed by atoms with Gasteiger partial charge in [-0.25, -0.2) is 0 Å². The van der Waals surface area contributed by atoms with E-state index in [-0.39, 0.29) is 12.1 Å². The van der Waals surface area contributed by atoms with Crippen LogP contribution in [0.15, 0.2) is 36.7 Å². The van der Waals surface area contributed by atoms with E-state index in [0.717, 1.165) is 18.1 Å². The number of nitrogens with one attached hydrogen (secondary N) is 1. The van der Waals surface area contributed by atoms with Gasteiger partial charge in [-0.2, -0.15) is 11.8 Å².